The highest BCUT2D eigenvalue weighted by atomic mass is 35.5. The Balaban J connectivity index is 1.29. The summed E-state index contributed by atoms with van der Waals surface area (Å²) in [6.45, 7) is 5.00. The molecule has 2 aliphatic rings. The second kappa shape index (κ2) is 9.12. The Kier molecular flexibility index (Phi) is 6.30. The first-order chi connectivity index (χ1) is 14.9. The molecule has 4 rings (SSSR count). The summed E-state index contributed by atoms with van der Waals surface area (Å²) in [6.07, 6.45) is 4.59. The standard InChI is InChI=1S/C24H27ClN4O2/c1-16-3-6-19(13-17(16)2)21-14-22-24(31)28(11-12-29(22)27-21)10-9-23(30)26-15-18-4-7-20(25)8-5-18/h3-8,11-13,21-22,27H,9-10,14-15H2,1-2H3,(H,26,30). The van der Waals surface area contributed by atoms with Crippen LogP contribution in [0.25, 0.3) is 0 Å². The molecule has 2 aromatic rings. The van der Waals surface area contributed by atoms with E-state index in [9.17, 15) is 9.59 Å². The molecule has 2 aliphatic heterocycles. The molecule has 2 heterocycles. The Morgan fingerprint density at radius 3 is 2.65 bits per heavy atom. The van der Waals surface area contributed by atoms with Crippen LogP contribution in [-0.2, 0) is 16.1 Å². The highest BCUT2D eigenvalue weighted by Gasteiger charge is 2.39. The van der Waals surface area contributed by atoms with Gasteiger partial charge in [-0.15, -0.1) is 0 Å². The number of hydrogen-bond donors (Lipinski definition) is 2. The van der Waals surface area contributed by atoms with Crippen molar-refractivity contribution in [1.29, 1.82) is 0 Å². The van der Waals surface area contributed by atoms with Crippen molar-refractivity contribution >= 4 is 23.4 Å². The van der Waals surface area contributed by atoms with Gasteiger partial charge in [0.1, 0.15) is 6.04 Å². The van der Waals surface area contributed by atoms with Gasteiger partial charge < -0.3 is 15.2 Å². The number of hydrogen-bond acceptors (Lipinski definition) is 4. The maximum Gasteiger partial charge on any atom is 0.250 e. The number of hydrazine groups is 1. The summed E-state index contributed by atoms with van der Waals surface area (Å²) in [4.78, 5) is 26.9. The average molecular weight is 439 g/mol. The van der Waals surface area contributed by atoms with Gasteiger partial charge in [0.25, 0.3) is 5.91 Å². The first-order valence-corrected chi connectivity index (χ1v) is 10.9. The SMILES string of the molecule is Cc1ccc(C2CC3C(=O)N(CCC(=O)NCc4ccc(Cl)cc4)C=CN3N2)cc1C. The van der Waals surface area contributed by atoms with Gasteiger partial charge in [-0.05, 0) is 54.7 Å². The number of nitrogens with zero attached hydrogens (tertiary/aromatic N) is 2. The maximum atomic E-state index is 13.0. The van der Waals surface area contributed by atoms with Gasteiger partial charge in [0, 0.05) is 36.9 Å². The van der Waals surface area contributed by atoms with E-state index in [-0.39, 0.29) is 30.3 Å². The summed E-state index contributed by atoms with van der Waals surface area (Å²) >= 11 is 5.88. The van der Waals surface area contributed by atoms with Crippen molar-refractivity contribution in [3.63, 3.8) is 0 Å². The number of halogens is 1. The molecule has 0 saturated carbocycles. The summed E-state index contributed by atoms with van der Waals surface area (Å²) in [6, 6.07) is 13.6. The number of carbonyl (C=O) groups excluding carboxylic acids is 2. The Bertz CT molecular complexity index is 1010. The van der Waals surface area contributed by atoms with E-state index in [1.807, 2.05) is 23.3 Å². The molecular weight excluding hydrogens is 412 g/mol. The van der Waals surface area contributed by atoms with Crippen LogP contribution in [0.5, 0.6) is 0 Å². The molecule has 0 aliphatic carbocycles. The predicted octanol–water partition coefficient (Wildman–Crippen LogP) is 3.60. The second-order valence-electron chi connectivity index (χ2n) is 8.17. The first-order valence-electron chi connectivity index (χ1n) is 10.5. The molecule has 2 aromatic carbocycles. The number of fused-ring (bicyclic) bond motifs is 1. The minimum Gasteiger partial charge on any atom is -0.352 e. The molecule has 1 saturated heterocycles. The van der Waals surface area contributed by atoms with Gasteiger partial charge in [-0.3, -0.25) is 9.59 Å². The number of rotatable bonds is 6. The zero-order valence-electron chi connectivity index (χ0n) is 17.8. The van der Waals surface area contributed by atoms with E-state index >= 15 is 0 Å². The minimum absolute atomic E-state index is 0.0202. The number of amides is 2. The molecule has 0 aromatic heterocycles. The van der Waals surface area contributed by atoms with Crippen LogP contribution in [0, 0.1) is 13.8 Å². The summed E-state index contributed by atoms with van der Waals surface area (Å²) in [5.74, 6) is -0.0667. The molecule has 31 heavy (non-hydrogen) atoms. The van der Waals surface area contributed by atoms with Crippen LogP contribution < -0.4 is 10.7 Å². The van der Waals surface area contributed by atoms with Crippen molar-refractivity contribution < 1.29 is 9.59 Å². The molecule has 1 fully saturated rings. The summed E-state index contributed by atoms with van der Waals surface area (Å²) in [5.41, 5.74) is 8.10. The van der Waals surface area contributed by atoms with Gasteiger partial charge in [0.05, 0.1) is 6.04 Å². The Morgan fingerprint density at radius 2 is 1.90 bits per heavy atom. The molecule has 162 valence electrons. The highest BCUT2D eigenvalue weighted by Crippen LogP contribution is 2.31. The van der Waals surface area contributed by atoms with E-state index in [1.165, 1.54) is 16.7 Å². The zero-order chi connectivity index (χ0) is 22.0. The van der Waals surface area contributed by atoms with Crippen molar-refractivity contribution in [2.75, 3.05) is 6.54 Å². The predicted molar refractivity (Wildman–Crippen MR) is 121 cm³/mol. The Labute approximate surface area is 187 Å². The fraction of sp³-hybridized carbons (Fsp3) is 0.333. The quantitative estimate of drug-likeness (QED) is 0.723. The van der Waals surface area contributed by atoms with Crippen molar-refractivity contribution in [3.8, 4) is 0 Å². The van der Waals surface area contributed by atoms with E-state index < -0.39 is 0 Å². The number of benzene rings is 2. The topological polar surface area (TPSA) is 64.7 Å². The van der Waals surface area contributed by atoms with E-state index in [0.717, 1.165) is 5.56 Å². The van der Waals surface area contributed by atoms with E-state index in [0.29, 0.717) is 24.5 Å². The lowest BCUT2D eigenvalue weighted by atomic mass is 9.97. The summed E-state index contributed by atoms with van der Waals surface area (Å²) in [7, 11) is 0. The van der Waals surface area contributed by atoms with Crippen LogP contribution in [0.2, 0.25) is 5.02 Å². The van der Waals surface area contributed by atoms with Crippen LogP contribution in [0.3, 0.4) is 0 Å². The van der Waals surface area contributed by atoms with E-state index in [2.05, 4.69) is 42.8 Å². The Hall–Kier alpha value is -2.83. The zero-order valence-corrected chi connectivity index (χ0v) is 18.5. The molecule has 0 bridgehead atoms. The number of carbonyl (C=O) groups is 2. The van der Waals surface area contributed by atoms with Gasteiger partial charge in [-0.2, -0.15) is 0 Å². The third-order valence-corrected chi connectivity index (χ3v) is 6.24. The van der Waals surface area contributed by atoms with Gasteiger partial charge in [0.15, 0.2) is 0 Å². The van der Waals surface area contributed by atoms with Crippen molar-refractivity contribution in [3.05, 3.63) is 82.1 Å². The fourth-order valence-electron chi connectivity index (χ4n) is 3.93. The lowest BCUT2D eigenvalue weighted by Crippen LogP contribution is -2.48. The number of aryl methyl sites for hydroxylation is 2. The van der Waals surface area contributed by atoms with Crippen LogP contribution >= 0.6 is 11.6 Å². The molecule has 0 radical (unpaired) electrons. The highest BCUT2D eigenvalue weighted by molar-refractivity contribution is 6.30. The third-order valence-electron chi connectivity index (χ3n) is 5.99. The summed E-state index contributed by atoms with van der Waals surface area (Å²) in [5, 5.41) is 5.45. The molecule has 0 spiro atoms. The lowest BCUT2D eigenvalue weighted by molar-refractivity contribution is -0.134. The average Bonchev–Trinajstić information content (AvgIpc) is 3.20. The summed E-state index contributed by atoms with van der Waals surface area (Å²) < 4.78 is 0. The monoisotopic (exact) mass is 438 g/mol. The minimum atomic E-state index is -0.256. The largest absolute Gasteiger partial charge is 0.352 e. The van der Waals surface area contributed by atoms with Gasteiger partial charge in [-0.25, -0.2) is 5.43 Å². The fourth-order valence-corrected chi connectivity index (χ4v) is 4.06. The lowest BCUT2D eigenvalue weighted by Gasteiger charge is -2.31. The molecule has 7 heteroatoms. The van der Waals surface area contributed by atoms with Crippen molar-refractivity contribution in [2.45, 2.75) is 45.3 Å². The van der Waals surface area contributed by atoms with Crippen molar-refractivity contribution in [2.24, 2.45) is 0 Å². The Morgan fingerprint density at radius 1 is 1.13 bits per heavy atom. The van der Waals surface area contributed by atoms with Crippen LogP contribution in [0.4, 0.5) is 0 Å². The molecule has 2 amide bonds. The number of nitrogens with one attached hydrogen (secondary N) is 2. The van der Waals surface area contributed by atoms with E-state index in [4.69, 9.17) is 11.6 Å². The molecule has 2 N–H and O–H groups in total. The molecule has 2 atom stereocenters. The second-order valence-corrected chi connectivity index (χ2v) is 8.60. The van der Waals surface area contributed by atoms with Crippen LogP contribution in [0.1, 0.15) is 41.1 Å². The molecule has 2 unspecified atom stereocenters. The van der Waals surface area contributed by atoms with Gasteiger partial charge in [-0.1, -0.05) is 41.9 Å². The van der Waals surface area contributed by atoms with Gasteiger partial charge in [0.2, 0.25) is 5.91 Å². The normalized spacial score (nSPS) is 20.2. The van der Waals surface area contributed by atoms with Gasteiger partial charge >= 0.3 is 0 Å². The first kappa shape index (κ1) is 21.4. The maximum absolute atomic E-state index is 13.0. The third kappa shape index (κ3) is 4.92. The van der Waals surface area contributed by atoms with Crippen molar-refractivity contribution in [1.82, 2.24) is 20.7 Å². The van der Waals surface area contributed by atoms with E-state index in [1.54, 1.807) is 23.2 Å². The molecule has 6 nitrogen and oxygen atoms in total. The van der Waals surface area contributed by atoms with Crippen LogP contribution in [0.15, 0.2) is 54.9 Å². The smallest absolute Gasteiger partial charge is 0.250 e. The molecular formula is C24H27ClN4O2. The van der Waals surface area contributed by atoms with Crippen LogP contribution in [-0.4, -0.2) is 34.3 Å².